The van der Waals surface area contributed by atoms with E-state index in [9.17, 15) is 9.18 Å². The molecule has 1 rings (SSSR count). The second-order valence-electron chi connectivity index (χ2n) is 2.33. The zero-order valence-corrected chi connectivity index (χ0v) is 7.56. The number of hydrogen-bond donors (Lipinski definition) is 1. The van der Waals surface area contributed by atoms with Gasteiger partial charge in [0.05, 0.1) is 12.7 Å². The van der Waals surface area contributed by atoms with Crippen molar-refractivity contribution < 1.29 is 13.9 Å². The number of primary amides is 1. The number of benzene rings is 1. The molecule has 13 heavy (non-hydrogen) atoms. The summed E-state index contributed by atoms with van der Waals surface area (Å²) in [5.41, 5.74) is 4.64. The monoisotopic (exact) mass is 203 g/mol. The summed E-state index contributed by atoms with van der Waals surface area (Å²) in [5, 5.41) is 0.201. The molecule has 0 radical (unpaired) electrons. The van der Waals surface area contributed by atoms with Crippen LogP contribution in [0.25, 0.3) is 0 Å². The van der Waals surface area contributed by atoms with Crippen molar-refractivity contribution in [1.29, 1.82) is 0 Å². The van der Waals surface area contributed by atoms with Crippen LogP contribution < -0.4 is 10.5 Å². The molecule has 0 aliphatic rings. The van der Waals surface area contributed by atoms with Gasteiger partial charge < -0.3 is 10.5 Å². The standard InChI is InChI=1S/C8H7ClFNO2/c1-13-6-3-4(9)2-5(7(6)10)8(11)12/h2-3H,1H3,(H2,11,12). The molecule has 0 atom stereocenters. The lowest BCUT2D eigenvalue weighted by molar-refractivity contribution is 0.0995. The minimum absolute atomic E-state index is 0.0960. The number of methoxy groups -OCH3 is 1. The van der Waals surface area contributed by atoms with Crippen LogP contribution in [-0.2, 0) is 0 Å². The van der Waals surface area contributed by atoms with Gasteiger partial charge in [0.25, 0.3) is 5.91 Å². The van der Waals surface area contributed by atoms with Gasteiger partial charge in [-0.2, -0.15) is 0 Å². The maximum Gasteiger partial charge on any atom is 0.251 e. The molecule has 0 aromatic heterocycles. The number of ether oxygens (including phenoxy) is 1. The van der Waals surface area contributed by atoms with Gasteiger partial charge in [0.15, 0.2) is 11.6 Å². The SMILES string of the molecule is COc1cc(Cl)cc(C(N)=O)c1F. The van der Waals surface area contributed by atoms with Crippen molar-refractivity contribution in [3.05, 3.63) is 28.5 Å². The highest BCUT2D eigenvalue weighted by molar-refractivity contribution is 6.31. The number of carbonyl (C=O) groups excluding carboxylic acids is 1. The van der Waals surface area contributed by atoms with Crippen LogP contribution in [0.4, 0.5) is 4.39 Å². The van der Waals surface area contributed by atoms with E-state index in [4.69, 9.17) is 17.3 Å². The summed E-state index contributed by atoms with van der Waals surface area (Å²) >= 11 is 5.59. The van der Waals surface area contributed by atoms with E-state index >= 15 is 0 Å². The van der Waals surface area contributed by atoms with E-state index in [1.165, 1.54) is 13.2 Å². The largest absolute Gasteiger partial charge is 0.494 e. The lowest BCUT2D eigenvalue weighted by atomic mass is 10.2. The third-order valence-corrected chi connectivity index (χ3v) is 1.71. The Kier molecular flexibility index (Phi) is 2.72. The van der Waals surface area contributed by atoms with E-state index in [0.717, 1.165) is 6.07 Å². The molecule has 0 saturated carbocycles. The van der Waals surface area contributed by atoms with E-state index in [0.29, 0.717) is 0 Å². The minimum Gasteiger partial charge on any atom is -0.494 e. The molecule has 70 valence electrons. The van der Waals surface area contributed by atoms with Crippen molar-refractivity contribution in [2.45, 2.75) is 0 Å². The van der Waals surface area contributed by atoms with Crippen LogP contribution in [0, 0.1) is 5.82 Å². The van der Waals surface area contributed by atoms with E-state index in [-0.39, 0.29) is 16.3 Å². The molecule has 0 unspecified atom stereocenters. The fraction of sp³-hybridized carbons (Fsp3) is 0.125. The predicted molar refractivity (Wildman–Crippen MR) is 46.5 cm³/mol. The molecule has 0 heterocycles. The first-order valence-electron chi connectivity index (χ1n) is 3.39. The van der Waals surface area contributed by atoms with Crippen molar-refractivity contribution in [2.75, 3.05) is 7.11 Å². The average Bonchev–Trinajstić information content (AvgIpc) is 2.08. The van der Waals surface area contributed by atoms with E-state index in [2.05, 4.69) is 4.74 Å². The Labute approximate surface area is 79.2 Å². The van der Waals surface area contributed by atoms with Crippen LogP contribution >= 0.6 is 11.6 Å². The number of rotatable bonds is 2. The first kappa shape index (κ1) is 9.80. The average molecular weight is 204 g/mol. The number of amides is 1. The van der Waals surface area contributed by atoms with Crippen LogP contribution in [0.5, 0.6) is 5.75 Å². The van der Waals surface area contributed by atoms with Gasteiger partial charge in [-0.1, -0.05) is 11.6 Å². The summed E-state index contributed by atoms with van der Waals surface area (Å²) in [7, 11) is 1.28. The number of halogens is 2. The van der Waals surface area contributed by atoms with Crippen molar-refractivity contribution in [3.8, 4) is 5.75 Å². The summed E-state index contributed by atoms with van der Waals surface area (Å²) in [6.07, 6.45) is 0. The predicted octanol–water partition coefficient (Wildman–Crippen LogP) is 1.59. The lowest BCUT2D eigenvalue weighted by Gasteiger charge is -2.05. The fourth-order valence-electron chi connectivity index (χ4n) is 0.892. The number of hydrogen-bond acceptors (Lipinski definition) is 2. The molecule has 0 bridgehead atoms. The zero-order valence-electron chi connectivity index (χ0n) is 6.80. The molecule has 0 saturated heterocycles. The van der Waals surface area contributed by atoms with Gasteiger partial charge in [-0.25, -0.2) is 4.39 Å². The van der Waals surface area contributed by atoms with Gasteiger partial charge >= 0.3 is 0 Å². The third-order valence-electron chi connectivity index (χ3n) is 1.49. The summed E-state index contributed by atoms with van der Waals surface area (Å²) in [6, 6.07) is 2.42. The van der Waals surface area contributed by atoms with Crippen LogP contribution in [0.1, 0.15) is 10.4 Å². The van der Waals surface area contributed by atoms with Gasteiger partial charge in [0, 0.05) is 11.1 Å². The maximum atomic E-state index is 13.2. The molecule has 3 nitrogen and oxygen atoms in total. The van der Waals surface area contributed by atoms with Gasteiger partial charge in [0.2, 0.25) is 0 Å². The topological polar surface area (TPSA) is 52.3 Å². The smallest absolute Gasteiger partial charge is 0.251 e. The summed E-state index contributed by atoms with van der Waals surface area (Å²) in [5.74, 6) is -1.76. The second kappa shape index (κ2) is 3.62. The van der Waals surface area contributed by atoms with Gasteiger partial charge in [-0.15, -0.1) is 0 Å². The molecular weight excluding hydrogens is 197 g/mol. The first-order chi connectivity index (χ1) is 6.06. The highest BCUT2D eigenvalue weighted by Gasteiger charge is 2.14. The summed E-state index contributed by atoms with van der Waals surface area (Å²) in [4.78, 5) is 10.7. The van der Waals surface area contributed by atoms with Crippen LogP contribution in [0.15, 0.2) is 12.1 Å². The van der Waals surface area contributed by atoms with Crippen molar-refractivity contribution in [1.82, 2.24) is 0 Å². The van der Waals surface area contributed by atoms with Crippen molar-refractivity contribution in [3.63, 3.8) is 0 Å². The molecule has 1 amide bonds. The van der Waals surface area contributed by atoms with E-state index in [1.54, 1.807) is 0 Å². The van der Waals surface area contributed by atoms with Gasteiger partial charge in [0.1, 0.15) is 0 Å². The Morgan fingerprint density at radius 3 is 2.69 bits per heavy atom. The quantitative estimate of drug-likeness (QED) is 0.794. The Balaban J connectivity index is 3.35. The maximum absolute atomic E-state index is 13.2. The second-order valence-corrected chi connectivity index (χ2v) is 2.77. The normalized spacial score (nSPS) is 9.77. The molecular formula is C8H7ClFNO2. The fourth-order valence-corrected chi connectivity index (χ4v) is 1.10. The molecule has 2 N–H and O–H groups in total. The molecule has 1 aromatic rings. The van der Waals surface area contributed by atoms with E-state index in [1.807, 2.05) is 0 Å². The molecule has 0 aliphatic heterocycles. The Hall–Kier alpha value is -1.29. The molecule has 5 heteroatoms. The van der Waals surface area contributed by atoms with Gasteiger partial charge in [-0.05, 0) is 6.07 Å². The van der Waals surface area contributed by atoms with Crippen molar-refractivity contribution in [2.24, 2.45) is 5.73 Å². The summed E-state index contributed by atoms with van der Waals surface area (Å²) in [6.45, 7) is 0. The third kappa shape index (κ3) is 1.89. The molecule has 0 spiro atoms. The first-order valence-corrected chi connectivity index (χ1v) is 3.77. The highest BCUT2D eigenvalue weighted by Crippen LogP contribution is 2.25. The lowest BCUT2D eigenvalue weighted by Crippen LogP contribution is -2.13. The molecule has 1 aromatic carbocycles. The minimum atomic E-state index is -0.877. The van der Waals surface area contributed by atoms with Crippen LogP contribution in [-0.4, -0.2) is 13.0 Å². The Morgan fingerprint density at radius 2 is 2.23 bits per heavy atom. The van der Waals surface area contributed by atoms with Crippen LogP contribution in [0.3, 0.4) is 0 Å². The zero-order chi connectivity index (χ0) is 10.0. The Bertz CT molecular complexity index is 354. The van der Waals surface area contributed by atoms with Crippen LogP contribution in [0.2, 0.25) is 5.02 Å². The number of nitrogens with two attached hydrogens (primary N) is 1. The highest BCUT2D eigenvalue weighted by atomic mass is 35.5. The summed E-state index contributed by atoms with van der Waals surface area (Å²) < 4.78 is 17.9. The van der Waals surface area contributed by atoms with Crippen molar-refractivity contribution >= 4 is 17.5 Å². The van der Waals surface area contributed by atoms with Gasteiger partial charge in [-0.3, -0.25) is 4.79 Å². The van der Waals surface area contributed by atoms with E-state index < -0.39 is 11.7 Å². The number of carbonyl (C=O) groups is 1. The Morgan fingerprint density at radius 1 is 1.62 bits per heavy atom. The molecule has 0 fully saturated rings. The molecule has 0 aliphatic carbocycles.